The van der Waals surface area contributed by atoms with Crippen LogP contribution in [0.15, 0.2) is 133 Å². The fourth-order valence-corrected chi connectivity index (χ4v) is 6.44. The van der Waals surface area contributed by atoms with Gasteiger partial charge in [0.2, 0.25) is 0 Å². The third-order valence-corrected chi connectivity index (χ3v) is 9.66. The molecule has 6 aromatic rings. The van der Waals surface area contributed by atoms with Crippen molar-refractivity contribution in [3.63, 3.8) is 0 Å². The van der Waals surface area contributed by atoms with E-state index in [1.807, 2.05) is 84.9 Å². The van der Waals surface area contributed by atoms with E-state index < -0.39 is 0 Å². The maximum absolute atomic E-state index is 12.4. The van der Waals surface area contributed by atoms with Crippen LogP contribution in [0.2, 0.25) is 20.1 Å². The summed E-state index contributed by atoms with van der Waals surface area (Å²) in [6.07, 6.45) is 1.03. The summed E-state index contributed by atoms with van der Waals surface area (Å²) in [5, 5.41) is 8.45. The van der Waals surface area contributed by atoms with Gasteiger partial charge in [0, 0.05) is 17.9 Å². The highest BCUT2D eigenvalue weighted by Crippen LogP contribution is 2.35. The van der Waals surface area contributed by atoms with Crippen molar-refractivity contribution in [2.24, 2.45) is 11.5 Å². The molecule has 0 fully saturated rings. The highest BCUT2D eigenvalue weighted by molar-refractivity contribution is 6.39. The van der Waals surface area contributed by atoms with Gasteiger partial charge in [-0.05, 0) is 89.3 Å². The SMILES string of the molecule is NCCc1ccc(OC(=O)Cc2ccccc2Nc2c(Cl)cccc2Cl)cc1.NCc1ccc(COC(=O)Cc2ccccc2Nc2c(Cl)cccc2Cl)cc1. The average Bonchev–Trinajstić information content (AvgIpc) is 3.19. The van der Waals surface area contributed by atoms with E-state index in [0.29, 0.717) is 50.3 Å². The molecule has 0 aromatic heterocycles. The van der Waals surface area contributed by atoms with E-state index in [-0.39, 0.29) is 31.4 Å². The van der Waals surface area contributed by atoms with Gasteiger partial charge < -0.3 is 31.6 Å². The minimum atomic E-state index is -0.355. The number of esters is 2. The predicted molar refractivity (Wildman–Crippen MR) is 229 cm³/mol. The smallest absolute Gasteiger partial charge is 0.315 e. The van der Waals surface area contributed by atoms with Crippen LogP contribution in [-0.2, 0) is 46.7 Å². The van der Waals surface area contributed by atoms with Crippen LogP contribution in [0, 0.1) is 0 Å². The maximum Gasteiger partial charge on any atom is 0.315 e. The Morgan fingerprint density at radius 2 is 0.964 bits per heavy atom. The minimum Gasteiger partial charge on any atom is -0.461 e. The number of nitrogens with one attached hydrogen (secondary N) is 2. The molecule has 288 valence electrons. The molecular weight excluding hydrogens is 790 g/mol. The predicted octanol–water partition coefficient (Wildman–Crippen LogP) is 10.9. The fourth-order valence-electron chi connectivity index (χ4n) is 5.45. The van der Waals surface area contributed by atoms with Gasteiger partial charge in [-0.1, -0.05) is 131 Å². The number of para-hydroxylation sites is 4. The van der Waals surface area contributed by atoms with Gasteiger partial charge in [0.1, 0.15) is 12.4 Å². The molecule has 0 heterocycles. The molecule has 6 aromatic carbocycles. The molecule has 0 radical (unpaired) electrons. The lowest BCUT2D eigenvalue weighted by Gasteiger charge is -2.14. The summed E-state index contributed by atoms with van der Waals surface area (Å²) in [6.45, 7) is 1.29. The molecule has 6 rings (SSSR count). The summed E-state index contributed by atoms with van der Waals surface area (Å²) < 4.78 is 10.9. The first-order valence-electron chi connectivity index (χ1n) is 17.6. The van der Waals surface area contributed by atoms with Crippen molar-refractivity contribution in [3.8, 4) is 5.75 Å². The normalized spacial score (nSPS) is 10.5. The number of carbonyl (C=O) groups is 2. The van der Waals surface area contributed by atoms with Crippen molar-refractivity contribution in [1.29, 1.82) is 0 Å². The molecule has 6 N–H and O–H groups in total. The number of hydrogen-bond donors (Lipinski definition) is 4. The van der Waals surface area contributed by atoms with Crippen LogP contribution < -0.4 is 26.8 Å². The third kappa shape index (κ3) is 12.5. The first-order valence-corrected chi connectivity index (χ1v) is 19.2. The first kappa shape index (κ1) is 42.1. The molecule has 12 heteroatoms. The Morgan fingerprint density at radius 3 is 1.45 bits per heavy atom. The molecule has 0 atom stereocenters. The molecule has 0 saturated heterocycles. The van der Waals surface area contributed by atoms with Crippen LogP contribution in [0.4, 0.5) is 22.7 Å². The Morgan fingerprint density at radius 1 is 0.518 bits per heavy atom. The van der Waals surface area contributed by atoms with Crippen molar-refractivity contribution in [2.75, 3.05) is 17.2 Å². The second-order valence-electron chi connectivity index (χ2n) is 12.4. The van der Waals surface area contributed by atoms with E-state index in [1.54, 1.807) is 48.5 Å². The number of rotatable bonds is 14. The Hall–Kier alpha value is -5.06. The summed E-state index contributed by atoms with van der Waals surface area (Å²) in [6, 6.07) is 40.5. The zero-order chi connectivity index (χ0) is 39.9. The third-order valence-electron chi connectivity index (χ3n) is 8.40. The van der Waals surface area contributed by atoms with Crippen molar-refractivity contribution < 1.29 is 19.1 Å². The minimum absolute atomic E-state index is 0.107. The molecule has 56 heavy (non-hydrogen) atoms. The lowest BCUT2D eigenvalue weighted by atomic mass is 10.1. The van der Waals surface area contributed by atoms with Crippen LogP contribution in [0.5, 0.6) is 5.75 Å². The standard InChI is InChI=1S/2C22H20Cl2N2O2/c23-18-5-3-6-19(24)22(18)26-20-7-2-1-4-17(20)12-21(27)28-14-16-10-8-15(13-25)9-11-16;23-18-5-3-6-19(24)22(18)26-20-7-2-1-4-16(20)14-21(27)28-17-10-8-15(9-11-17)12-13-25/h2*1-11,26H,12-14,25H2. The van der Waals surface area contributed by atoms with E-state index in [1.165, 1.54) is 0 Å². The second-order valence-corrected chi connectivity index (χ2v) is 14.1. The Kier molecular flexibility index (Phi) is 16.0. The number of anilines is 4. The Bertz CT molecular complexity index is 2190. The van der Waals surface area contributed by atoms with E-state index in [2.05, 4.69) is 10.6 Å². The van der Waals surface area contributed by atoms with Crippen LogP contribution in [0.3, 0.4) is 0 Å². The summed E-state index contributed by atoms with van der Waals surface area (Å²) in [7, 11) is 0. The van der Waals surface area contributed by atoms with Crippen LogP contribution in [0.25, 0.3) is 0 Å². The van der Waals surface area contributed by atoms with Gasteiger partial charge in [0.05, 0.1) is 44.3 Å². The fraction of sp³-hybridized carbons (Fsp3) is 0.136. The maximum atomic E-state index is 12.4. The monoisotopic (exact) mass is 828 g/mol. The quantitative estimate of drug-likeness (QED) is 0.0631. The van der Waals surface area contributed by atoms with E-state index in [0.717, 1.165) is 45.6 Å². The molecule has 0 saturated carbocycles. The van der Waals surface area contributed by atoms with Gasteiger partial charge in [-0.2, -0.15) is 0 Å². The molecule has 0 amide bonds. The molecule has 0 unspecified atom stereocenters. The summed E-state index contributed by atoms with van der Waals surface area (Å²) in [4.78, 5) is 24.7. The number of halogens is 4. The number of ether oxygens (including phenoxy) is 2. The second kappa shape index (κ2) is 21.3. The van der Waals surface area contributed by atoms with Crippen molar-refractivity contribution >= 4 is 81.1 Å². The van der Waals surface area contributed by atoms with Gasteiger partial charge in [-0.15, -0.1) is 0 Å². The van der Waals surface area contributed by atoms with Crippen LogP contribution >= 0.6 is 46.4 Å². The zero-order valence-electron chi connectivity index (χ0n) is 30.2. The molecule has 0 aliphatic heterocycles. The van der Waals surface area contributed by atoms with E-state index in [4.69, 9.17) is 67.3 Å². The molecule has 0 bridgehead atoms. The van der Waals surface area contributed by atoms with Crippen molar-refractivity contribution in [3.05, 3.63) is 181 Å². The van der Waals surface area contributed by atoms with Crippen molar-refractivity contribution in [2.45, 2.75) is 32.4 Å². The Labute approximate surface area is 346 Å². The largest absolute Gasteiger partial charge is 0.461 e. The van der Waals surface area contributed by atoms with E-state index >= 15 is 0 Å². The molecule has 8 nitrogen and oxygen atoms in total. The molecular formula is C44H40Cl4N4O4. The number of nitrogens with two attached hydrogens (primary N) is 2. The summed E-state index contributed by atoms with van der Waals surface area (Å²) >= 11 is 24.9. The van der Waals surface area contributed by atoms with Crippen LogP contribution in [0.1, 0.15) is 27.8 Å². The first-order chi connectivity index (χ1) is 27.1. The van der Waals surface area contributed by atoms with Crippen molar-refractivity contribution in [1.82, 2.24) is 0 Å². The summed E-state index contributed by atoms with van der Waals surface area (Å²) in [5.41, 5.74) is 18.5. The lowest BCUT2D eigenvalue weighted by Crippen LogP contribution is -2.12. The van der Waals surface area contributed by atoms with E-state index in [9.17, 15) is 9.59 Å². The lowest BCUT2D eigenvalue weighted by molar-refractivity contribution is -0.144. The molecule has 0 spiro atoms. The molecule has 0 aliphatic rings. The average molecular weight is 831 g/mol. The topological polar surface area (TPSA) is 129 Å². The highest BCUT2D eigenvalue weighted by atomic mass is 35.5. The van der Waals surface area contributed by atoms with Gasteiger partial charge >= 0.3 is 11.9 Å². The van der Waals surface area contributed by atoms with Gasteiger partial charge in [0.25, 0.3) is 0 Å². The Balaban J connectivity index is 0.000000214. The number of hydrogen-bond acceptors (Lipinski definition) is 8. The number of benzene rings is 6. The zero-order valence-corrected chi connectivity index (χ0v) is 33.3. The van der Waals surface area contributed by atoms with Crippen LogP contribution in [-0.4, -0.2) is 18.5 Å². The number of carbonyl (C=O) groups excluding carboxylic acids is 2. The van der Waals surface area contributed by atoms with Gasteiger partial charge in [-0.25, -0.2) is 0 Å². The van der Waals surface area contributed by atoms with Gasteiger partial charge in [0.15, 0.2) is 0 Å². The highest BCUT2D eigenvalue weighted by Gasteiger charge is 2.14. The summed E-state index contributed by atoms with van der Waals surface area (Å²) in [5.74, 6) is -0.168. The molecule has 0 aliphatic carbocycles. The van der Waals surface area contributed by atoms with Gasteiger partial charge in [-0.3, -0.25) is 9.59 Å².